The summed E-state index contributed by atoms with van der Waals surface area (Å²) in [6.07, 6.45) is 0. The topological polar surface area (TPSA) is 48.0 Å². The van der Waals surface area contributed by atoms with Gasteiger partial charge in [-0.1, -0.05) is 6.07 Å². The first-order valence-electron chi connectivity index (χ1n) is 7.51. The maximum atomic E-state index is 9.49. The molecule has 5 heteroatoms. The van der Waals surface area contributed by atoms with E-state index in [0.717, 1.165) is 38.5 Å². The predicted octanol–water partition coefficient (Wildman–Crippen LogP) is 0.788. The number of methoxy groups -OCH3 is 1. The smallest absolute Gasteiger partial charge is 0.120 e. The summed E-state index contributed by atoms with van der Waals surface area (Å²) < 4.78 is 5.29. The number of likely N-dealkylation sites (N-methyl/N-ethyl adjacent to an activating group) is 1. The number of piperazine rings is 1. The van der Waals surface area contributed by atoms with E-state index >= 15 is 0 Å². The number of rotatable bonds is 6. The summed E-state index contributed by atoms with van der Waals surface area (Å²) in [6, 6.07) is 8.22. The van der Waals surface area contributed by atoms with Crippen molar-refractivity contribution in [3.8, 4) is 5.75 Å². The number of nitrogens with zero attached hydrogens (tertiary/aromatic N) is 2. The molecule has 1 atom stereocenters. The third kappa shape index (κ3) is 4.09. The summed E-state index contributed by atoms with van der Waals surface area (Å²) in [5, 5.41) is 12.7. The zero-order chi connectivity index (χ0) is 15.3. The number of hydrogen-bond acceptors (Lipinski definition) is 5. The molecule has 1 heterocycles. The molecular formula is C16H27N3O2. The van der Waals surface area contributed by atoms with Gasteiger partial charge in [-0.15, -0.1) is 0 Å². The lowest BCUT2D eigenvalue weighted by molar-refractivity contribution is 0.122. The Balaban J connectivity index is 1.91. The lowest BCUT2D eigenvalue weighted by Gasteiger charge is -2.40. The van der Waals surface area contributed by atoms with E-state index in [9.17, 15) is 5.11 Å². The highest BCUT2D eigenvalue weighted by Gasteiger charge is 2.26. The van der Waals surface area contributed by atoms with E-state index < -0.39 is 0 Å². The SMILES string of the molecule is CNC(C)(CO)CN1CCN(c2cccc(OC)c2)CC1. The van der Waals surface area contributed by atoms with Crippen LogP contribution in [-0.4, -0.2) is 69.0 Å². The van der Waals surface area contributed by atoms with Crippen molar-refractivity contribution >= 4 is 5.69 Å². The fourth-order valence-electron chi connectivity index (χ4n) is 2.67. The van der Waals surface area contributed by atoms with Crippen LogP contribution in [-0.2, 0) is 0 Å². The van der Waals surface area contributed by atoms with Crippen LogP contribution in [0.3, 0.4) is 0 Å². The van der Waals surface area contributed by atoms with Crippen LogP contribution in [0.2, 0.25) is 0 Å². The van der Waals surface area contributed by atoms with Crippen molar-refractivity contribution in [2.75, 3.05) is 58.4 Å². The predicted molar refractivity (Wildman–Crippen MR) is 86.2 cm³/mol. The molecule has 0 aliphatic carbocycles. The van der Waals surface area contributed by atoms with Crippen molar-refractivity contribution in [1.29, 1.82) is 0 Å². The Kier molecular flexibility index (Phi) is 5.45. The van der Waals surface area contributed by atoms with E-state index in [1.54, 1.807) is 7.11 Å². The van der Waals surface area contributed by atoms with Gasteiger partial charge in [0.05, 0.1) is 19.3 Å². The van der Waals surface area contributed by atoms with Gasteiger partial charge in [0.25, 0.3) is 0 Å². The van der Waals surface area contributed by atoms with Gasteiger partial charge >= 0.3 is 0 Å². The minimum atomic E-state index is -0.224. The van der Waals surface area contributed by atoms with E-state index in [4.69, 9.17) is 4.74 Å². The van der Waals surface area contributed by atoms with Crippen LogP contribution < -0.4 is 15.0 Å². The van der Waals surface area contributed by atoms with Crippen LogP contribution in [0.4, 0.5) is 5.69 Å². The molecule has 0 bridgehead atoms. The Bertz CT molecular complexity index is 441. The highest BCUT2D eigenvalue weighted by molar-refractivity contribution is 5.51. The molecule has 1 aliphatic heterocycles. The summed E-state index contributed by atoms with van der Waals surface area (Å²) in [5.41, 5.74) is 0.991. The molecule has 1 aromatic rings. The zero-order valence-corrected chi connectivity index (χ0v) is 13.3. The van der Waals surface area contributed by atoms with Crippen LogP contribution in [0, 0.1) is 0 Å². The molecule has 1 aliphatic rings. The lowest BCUT2D eigenvalue weighted by Crippen LogP contribution is -2.56. The number of ether oxygens (including phenoxy) is 1. The Morgan fingerprint density at radius 3 is 2.57 bits per heavy atom. The summed E-state index contributed by atoms with van der Waals surface area (Å²) in [7, 11) is 3.60. The molecule has 0 aromatic heterocycles. The van der Waals surface area contributed by atoms with Crippen molar-refractivity contribution in [3.63, 3.8) is 0 Å². The van der Waals surface area contributed by atoms with Crippen LogP contribution in [0.5, 0.6) is 5.75 Å². The van der Waals surface area contributed by atoms with Crippen molar-refractivity contribution < 1.29 is 9.84 Å². The molecule has 1 unspecified atom stereocenters. The molecule has 2 N–H and O–H groups in total. The number of anilines is 1. The lowest BCUT2D eigenvalue weighted by atomic mass is 10.0. The van der Waals surface area contributed by atoms with Gasteiger partial charge in [0.2, 0.25) is 0 Å². The first-order valence-corrected chi connectivity index (χ1v) is 7.51. The number of aliphatic hydroxyl groups is 1. The highest BCUT2D eigenvalue weighted by atomic mass is 16.5. The van der Waals surface area contributed by atoms with Crippen LogP contribution in [0.1, 0.15) is 6.92 Å². The van der Waals surface area contributed by atoms with E-state index in [-0.39, 0.29) is 12.1 Å². The maximum Gasteiger partial charge on any atom is 0.120 e. The number of hydrogen-bond donors (Lipinski definition) is 2. The highest BCUT2D eigenvalue weighted by Crippen LogP contribution is 2.22. The average molecular weight is 293 g/mol. The second-order valence-corrected chi connectivity index (χ2v) is 5.93. The van der Waals surface area contributed by atoms with Crippen LogP contribution in [0.25, 0.3) is 0 Å². The normalized spacial score (nSPS) is 19.3. The van der Waals surface area contributed by atoms with E-state index in [1.165, 1.54) is 5.69 Å². The molecule has 0 amide bonds. The minimum absolute atomic E-state index is 0.152. The minimum Gasteiger partial charge on any atom is -0.497 e. The van der Waals surface area contributed by atoms with E-state index in [0.29, 0.717) is 0 Å². The molecule has 1 fully saturated rings. The fourth-order valence-corrected chi connectivity index (χ4v) is 2.67. The first-order chi connectivity index (χ1) is 10.1. The Labute approximate surface area is 127 Å². The molecular weight excluding hydrogens is 266 g/mol. The summed E-state index contributed by atoms with van der Waals surface area (Å²) >= 11 is 0. The second-order valence-electron chi connectivity index (χ2n) is 5.93. The number of benzene rings is 1. The number of nitrogens with one attached hydrogen (secondary N) is 1. The largest absolute Gasteiger partial charge is 0.497 e. The summed E-state index contributed by atoms with van der Waals surface area (Å²) in [5.74, 6) is 0.901. The van der Waals surface area contributed by atoms with E-state index in [2.05, 4.69) is 34.2 Å². The number of aliphatic hydroxyl groups excluding tert-OH is 1. The monoisotopic (exact) mass is 293 g/mol. The molecule has 21 heavy (non-hydrogen) atoms. The molecule has 2 rings (SSSR count). The molecule has 5 nitrogen and oxygen atoms in total. The third-order valence-electron chi connectivity index (χ3n) is 4.32. The van der Waals surface area contributed by atoms with Gasteiger partial charge in [-0.3, -0.25) is 4.90 Å². The quantitative estimate of drug-likeness (QED) is 0.812. The van der Waals surface area contributed by atoms with Crippen molar-refractivity contribution in [2.45, 2.75) is 12.5 Å². The molecule has 0 radical (unpaired) electrons. The zero-order valence-electron chi connectivity index (χ0n) is 13.3. The third-order valence-corrected chi connectivity index (χ3v) is 4.32. The molecule has 118 valence electrons. The molecule has 0 spiro atoms. The Morgan fingerprint density at radius 1 is 1.29 bits per heavy atom. The van der Waals surface area contributed by atoms with Crippen LogP contribution in [0.15, 0.2) is 24.3 Å². The van der Waals surface area contributed by atoms with Crippen molar-refractivity contribution in [1.82, 2.24) is 10.2 Å². The Hall–Kier alpha value is -1.30. The summed E-state index contributed by atoms with van der Waals surface area (Å²) in [4.78, 5) is 4.79. The van der Waals surface area contributed by atoms with Gasteiger partial charge in [-0.05, 0) is 26.1 Å². The van der Waals surface area contributed by atoms with Gasteiger partial charge < -0.3 is 20.1 Å². The van der Waals surface area contributed by atoms with Crippen molar-refractivity contribution in [3.05, 3.63) is 24.3 Å². The van der Waals surface area contributed by atoms with Crippen molar-refractivity contribution in [2.24, 2.45) is 0 Å². The van der Waals surface area contributed by atoms with Gasteiger partial charge in [0, 0.05) is 44.5 Å². The van der Waals surface area contributed by atoms with Gasteiger partial charge in [0.1, 0.15) is 5.75 Å². The molecule has 0 saturated carbocycles. The second kappa shape index (κ2) is 7.11. The molecule has 1 saturated heterocycles. The van der Waals surface area contributed by atoms with Gasteiger partial charge in [-0.25, -0.2) is 0 Å². The van der Waals surface area contributed by atoms with Gasteiger partial charge in [0.15, 0.2) is 0 Å². The van der Waals surface area contributed by atoms with Crippen LogP contribution >= 0.6 is 0 Å². The summed E-state index contributed by atoms with van der Waals surface area (Å²) in [6.45, 7) is 7.09. The fraction of sp³-hybridized carbons (Fsp3) is 0.625. The maximum absolute atomic E-state index is 9.49. The molecule has 1 aromatic carbocycles. The average Bonchev–Trinajstić information content (AvgIpc) is 2.55. The standard InChI is InChI=1S/C16H27N3O2/c1-16(13-20,17-2)12-18-7-9-19(10-8-18)14-5-4-6-15(11-14)21-3/h4-6,11,17,20H,7-10,12-13H2,1-3H3. The van der Waals surface area contributed by atoms with E-state index in [1.807, 2.05) is 19.2 Å². The first kappa shape index (κ1) is 16.1. The van der Waals surface area contributed by atoms with Gasteiger partial charge in [-0.2, -0.15) is 0 Å². The Morgan fingerprint density at radius 2 is 2.00 bits per heavy atom.